The van der Waals surface area contributed by atoms with Crippen LogP contribution >= 0.6 is 0 Å². The molecule has 6 nitrogen and oxygen atoms in total. The first-order chi connectivity index (χ1) is 10.3. The van der Waals surface area contributed by atoms with Crippen LogP contribution in [0, 0.1) is 0 Å². The minimum atomic E-state index is -0.251. The van der Waals surface area contributed by atoms with Crippen LogP contribution in [0.2, 0.25) is 0 Å². The maximum absolute atomic E-state index is 12.3. The fraction of sp³-hybridized carbons (Fsp3) is 0. The second-order valence-corrected chi connectivity index (χ2v) is 4.66. The molecule has 3 aromatic rings. The summed E-state index contributed by atoms with van der Waals surface area (Å²) in [6.07, 6.45) is 1.66. The summed E-state index contributed by atoms with van der Waals surface area (Å²) in [6.45, 7) is 0. The van der Waals surface area contributed by atoms with Gasteiger partial charge in [-0.25, -0.2) is 0 Å². The highest BCUT2D eigenvalue weighted by atomic mass is 16.1. The van der Waals surface area contributed by atoms with E-state index in [9.17, 15) is 4.79 Å². The van der Waals surface area contributed by atoms with Crippen molar-refractivity contribution in [1.29, 1.82) is 0 Å². The van der Waals surface area contributed by atoms with E-state index in [1.54, 1.807) is 6.21 Å². The van der Waals surface area contributed by atoms with Gasteiger partial charge < -0.3 is 5.32 Å². The van der Waals surface area contributed by atoms with Crippen LogP contribution in [0.5, 0.6) is 0 Å². The smallest absolute Gasteiger partial charge is 0.276 e. The molecule has 1 aromatic heterocycles. The van der Waals surface area contributed by atoms with Gasteiger partial charge in [0.05, 0.1) is 17.4 Å². The molecular weight excluding hydrogens is 266 g/mol. The molecule has 0 unspecified atom stereocenters. The Morgan fingerprint density at radius 1 is 1.10 bits per heavy atom. The molecule has 2 aromatic carbocycles. The number of nitrogens with zero attached hydrogens (tertiary/aromatic N) is 3. The van der Waals surface area contributed by atoms with E-state index in [2.05, 4.69) is 26.0 Å². The van der Waals surface area contributed by atoms with Crippen molar-refractivity contribution in [3.05, 3.63) is 53.7 Å². The van der Waals surface area contributed by atoms with Gasteiger partial charge in [-0.15, -0.1) is 0 Å². The quantitative estimate of drug-likeness (QED) is 0.753. The molecule has 0 atom stereocenters. The molecular formula is C15H10N5O. The largest absolute Gasteiger partial charge is 0.321 e. The molecule has 0 spiro atoms. The van der Waals surface area contributed by atoms with Crippen LogP contribution in [0.4, 0.5) is 11.4 Å². The monoisotopic (exact) mass is 276 g/mol. The highest BCUT2D eigenvalue weighted by molar-refractivity contribution is 6.14. The van der Waals surface area contributed by atoms with Crippen molar-refractivity contribution in [1.82, 2.24) is 15.6 Å². The molecule has 0 bridgehead atoms. The number of H-pyrrole nitrogens is 1. The maximum atomic E-state index is 12.3. The number of carbonyl (C=O) groups excluding carboxylic acids is 1. The van der Waals surface area contributed by atoms with Gasteiger partial charge in [-0.3, -0.25) is 9.89 Å². The number of nitrogens with one attached hydrogen (secondary N) is 2. The third kappa shape index (κ3) is 1.85. The van der Waals surface area contributed by atoms with Gasteiger partial charge in [-0.05, 0) is 24.3 Å². The molecule has 1 amide bonds. The zero-order valence-electron chi connectivity index (χ0n) is 10.9. The minimum absolute atomic E-state index is 0.251. The molecule has 6 heteroatoms. The zero-order chi connectivity index (χ0) is 14.2. The first kappa shape index (κ1) is 11.7. The summed E-state index contributed by atoms with van der Waals surface area (Å²) < 4.78 is 0. The molecule has 1 radical (unpaired) electrons. The number of hydrogen-bond acceptors (Lipinski definition) is 3. The fourth-order valence-electron chi connectivity index (χ4n) is 2.35. The topological polar surface area (TPSA) is 84.2 Å². The number of aromatic amines is 1. The van der Waals surface area contributed by atoms with E-state index < -0.39 is 0 Å². The van der Waals surface area contributed by atoms with Crippen LogP contribution in [0.15, 0.2) is 47.6 Å². The van der Waals surface area contributed by atoms with Crippen molar-refractivity contribution < 1.29 is 4.79 Å². The Balaban J connectivity index is 1.74. The lowest BCUT2D eigenvalue weighted by Crippen LogP contribution is -2.12. The molecule has 0 aliphatic carbocycles. The zero-order valence-corrected chi connectivity index (χ0v) is 10.9. The molecule has 21 heavy (non-hydrogen) atoms. The van der Waals surface area contributed by atoms with Crippen molar-refractivity contribution in [2.45, 2.75) is 0 Å². The summed E-state index contributed by atoms with van der Waals surface area (Å²) in [6, 6.07) is 12.9. The highest BCUT2D eigenvalue weighted by Gasteiger charge is 2.19. The fourth-order valence-corrected chi connectivity index (χ4v) is 2.35. The Labute approximate surface area is 119 Å². The number of amides is 1. The molecule has 0 saturated carbocycles. The van der Waals surface area contributed by atoms with Crippen molar-refractivity contribution in [3.8, 4) is 0 Å². The molecule has 2 N–H and O–H groups in total. The number of rotatable bonds is 2. The second kappa shape index (κ2) is 4.45. The van der Waals surface area contributed by atoms with Gasteiger partial charge in [-0.2, -0.15) is 15.6 Å². The summed E-state index contributed by atoms with van der Waals surface area (Å²) >= 11 is 0. The van der Waals surface area contributed by atoms with Gasteiger partial charge in [0.15, 0.2) is 5.69 Å². The average Bonchev–Trinajstić information content (AvgIpc) is 3.14. The number of hydrogen-bond donors (Lipinski definition) is 2. The van der Waals surface area contributed by atoms with Crippen LogP contribution in [-0.4, -0.2) is 22.3 Å². The van der Waals surface area contributed by atoms with E-state index in [4.69, 9.17) is 0 Å². The highest BCUT2D eigenvalue weighted by Crippen LogP contribution is 2.28. The maximum Gasteiger partial charge on any atom is 0.276 e. The Kier molecular flexibility index (Phi) is 2.47. The lowest BCUT2D eigenvalue weighted by atomic mass is 10.1. The Morgan fingerprint density at radius 3 is 2.81 bits per heavy atom. The predicted octanol–water partition coefficient (Wildman–Crippen LogP) is 2.40. The molecule has 1 aliphatic rings. The van der Waals surface area contributed by atoms with E-state index in [-0.39, 0.29) is 5.91 Å². The van der Waals surface area contributed by atoms with Crippen LogP contribution in [0.3, 0.4) is 0 Å². The predicted molar refractivity (Wildman–Crippen MR) is 79.9 cm³/mol. The molecule has 1 aliphatic heterocycles. The lowest BCUT2D eigenvalue weighted by Gasteiger charge is -2.03. The molecule has 4 rings (SSSR count). The van der Waals surface area contributed by atoms with Crippen molar-refractivity contribution >= 4 is 34.4 Å². The number of aromatic nitrogens is 2. The molecule has 2 heterocycles. The molecule has 0 fully saturated rings. The number of benzene rings is 2. The molecule has 0 saturated heterocycles. The lowest BCUT2D eigenvalue weighted by molar-refractivity contribution is 0.102. The second-order valence-electron chi connectivity index (χ2n) is 4.66. The van der Waals surface area contributed by atoms with Gasteiger partial charge in [-0.1, -0.05) is 18.2 Å². The van der Waals surface area contributed by atoms with E-state index in [1.165, 1.54) is 0 Å². The molecule has 101 valence electrons. The van der Waals surface area contributed by atoms with E-state index in [0.29, 0.717) is 5.69 Å². The van der Waals surface area contributed by atoms with E-state index in [1.807, 2.05) is 42.5 Å². The first-order valence-electron chi connectivity index (χ1n) is 6.44. The summed E-state index contributed by atoms with van der Waals surface area (Å²) in [5.41, 5.74) is 7.50. The van der Waals surface area contributed by atoms with Crippen molar-refractivity contribution in [2.24, 2.45) is 5.10 Å². The first-order valence-corrected chi connectivity index (χ1v) is 6.44. The van der Waals surface area contributed by atoms with Gasteiger partial charge in [0.1, 0.15) is 0 Å². The summed E-state index contributed by atoms with van der Waals surface area (Å²) in [7, 11) is 0. The van der Waals surface area contributed by atoms with Crippen LogP contribution < -0.4 is 10.7 Å². The van der Waals surface area contributed by atoms with Crippen LogP contribution in [0.1, 0.15) is 16.1 Å². The van der Waals surface area contributed by atoms with Crippen molar-refractivity contribution in [2.75, 3.05) is 5.32 Å². The van der Waals surface area contributed by atoms with E-state index >= 15 is 0 Å². The van der Waals surface area contributed by atoms with Gasteiger partial charge in [0, 0.05) is 16.6 Å². The normalized spacial score (nSPS) is 12.2. The third-order valence-electron chi connectivity index (χ3n) is 3.36. The number of para-hydroxylation sites is 1. The standard InChI is InChI=1S/C15H10N5O/c21-15(17-9-4-2-1-3-5-9)14-10-6-7-12-11(8-16-18-12)13(10)19-20-14/h1-8H,(H,17,21)(H,19,20). The number of carbonyl (C=O) groups is 1. The van der Waals surface area contributed by atoms with Crippen LogP contribution in [-0.2, 0) is 0 Å². The SMILES string of the molecule is O=C(Nc1ccccc1)c1n[nH]c2c3c(ccc12)[N]N=C3. The summed E-state index contributed by atoms with van der Waals surface area (Å²) in [5.74, 6) is -0.251. The third-order valence-corrected chi connectivity index (χ3v) is 3.36. The summed E-state index contributed by atoms with van der Waals surface area (Å²) in [5, 5.41) is 14.5. The van der Waals surface area contributed by atoms with Crippen molar-refractivity contribution in [3.63, 3.8) is 0 Å². The van der Waals surface area contributed by atoms with Gasteiger partial charge in [0.2, 0.25) is 0 Å². The Bertz CT molecular complexity index is 866. The minimum Gasteiger partial charge on any atom is -0.321 e. The van der Waals surface area contributed by atoms with Gasteiger partial charge in [0.25, 0.3) is 5.91 Å². The van der Waals surface area contributed by atoms with E-state index in [0.717, 1.165) is 27.8 Å². The Morgan fingerprint density at radius 2 is 1.95 bits per heavy atom. The number of anilines is 1. The summed E-state index contributed by atoms with van der Waals surface area (Å²) in [4.78, 5) is 12.3. The number of fused-ring (bicyclic) bond motifs is 3. The average molecular weight is 276 g/mol. The van der Waals surface area contributed by atoms with Crippen LogP contribution in [0.25, 0.3) is 10.9 Å². The Hall–Kier alpha value is -3.15. The van der Waals surface area contributed by atoms with Gasteiger partial charge >= 0.3 is 0 Å².